The molecule has 0 aliphatic rings. The molecule has 0 unspecified atom stereocenters. The second-order valence-corrected chi connectivity index (χ2v) is 4.64. The predicted molar refractivity (Wildman–Crippen MR) is 69.9 cm³/mol. The Kier molecular flexibility index (Phi) is 3.12. The van der Waals surface area contributed by atoms with Crippen molar-refractivity contribution in [3.63, 3.8) is 0 Å². The first-order valence-electron chi connectivity index (χ1n) is 6.12. The molecule has 3 rings (SSSR count). The van der Waals surface area contributed by atoms with Crippen LogP contribution in [0.3, 0.4) is 0 Å². The number of nitrogens with two attached hydrogens (primary N) is 1. The summed E-state index contributed by atoms with van der Waals surface area (Å²) in [6, 6.07) is 4.55. The standard InChI is InChI=1S/C13H9F3N4O2/c14-13(15,16)7-3-1-6(2-4-7)5-8-9(17)10-11(18-12(8)21)20-22-19-10/h1-4H,5,17H2,(H,18,20,21). The Morgan fingerprint density at radius 2 is 1.82 bits per heavy atom. The molecule has 3 N–H and O–H groups in total. The van der Waals surface area contributed by atoms with Gasteiger partial charge in [0.2, 0.25) is 11.5 Å². The number of aromatic nitrogens is 3. The summed E-state index contributed by atoms with van der Waals surface area (Å²) in [7, 11) is 0. The molecule has 0 atom stereocenters. The summed E-state index contributed by atoms with van der Waals surface area (Å²) < 4.78 is 42.0. The quantitative estimate of drug-likeness (QED) is 0.754. The lowest BCUT2D eigenvalue weighted by molar-refractivity contribution is -0.137. The van der Waals surface area contributed by atoms with E-state index in [4.69, 9.17) is 5.73 Å². The third-order valence-corrected chi connectivity index (χ3v) is 3.20. The van der Waals surface area contributed by atoms with Crippen molar-refractivity contribution in [1.82, 2.24) is 15.3 Å². The van der Waals surface area contributed by atoms with Crippen LogP contribution in [0.4, 0.5) is 18.9 Å². The Morgan fingerprint density at radius 3 is 2.45 bits per heavy atom. The van der Waals surface area contributed by atoms with Gasteiger partial charge in [0, 0.05) is 12.0 Å². The fourth-order valence-electron chi connectivity index (χ4n) is 2.05. The summed E-state index contributed by atoms with van der Waals surface area (Å²) >= 11 is 0. The lowest BCUT2D eigenvalue weighted by Crippen LogP contribution is -2.05. The fourth-order valence-corrected chi connectivity index (χ4v) is 2.05. The molecule has 0 radical (unpaired) electrons. The maximum atomic E-state index is 12.5. The fraction of sp³-hybridized carbons (Fsp3) is 0.154. The number of anilines is 1. The summed E-state index contributed by atoms with van der Waals surface area (Å²) in [5, 5.41) is 16.9. The average Bonchev–Trinajstić information content (AvgIpc) is 2.91. The van der Waals surface area contributed by atoms with E-state index in [1.165, 1.54) is 12.1 Å². The number of halogens is 3. The third kappa shape index (κ3) is 2.41. The third-order valence-electron chi connectivity index (χ3n) is 3.20. The number of nitrogens with zero attached hydrogens (tertiary/aromatic N) is 3. The summed E-state index contributed by atoms with van der Waals surface area (Å²) in [6.07, 6.45) is -4.29. The molecule has 9 heteroatoms. The highest BCUT2D eigenvalue weighted by Gasteiger charge is 2.30. The van der Waals surface area contributed by atoms with Crippen LogP contribution in [0.5, 0.6) is 5.88 Å². The van der Waals surface area contributed by atoms with Gasteiger partial charge in [-0.05, 0) is 28.0 Å². The predicted octanol–water partition coefficient (Wildman–Crippen LogP) is 2.52. The minimum atomic E-state index is -4.40. The van der Waals surface area contributed by atoms with Gasteiger partial charge >= 0.3 is 6.18 Å². The summed E-state index contributed by atoms with van der Waals surface area (Å²) in [6.45, 7) is 0. The van der Waals surface area contributed by atoms with Crippen molar-refractivity contribution in [3.05, 3.63) is 41.0 Å². The van der Waals surface area contributed by atoms with Crippen LogP contribution in [-0.4, -0.2) is 20.4 Å². The van der Waals surface area contributed by atoms with Crippen molar-refractivity contribution in [1.29, 1.82) is 0 Å². The molecule has 1 aromatic carbocycles. The summed E-state index contributed by atoms with van der Waals surface area (Å²) in [5.74, 6) is -0.361. The molecule has 0 bridgehead atoms. The molecule has 0 amide bonds. The molecule has 0 spiro atoms. The van der Waals surface area contributed by atoms with E-state index in [2.05, 4.69) is 19.9 Å². The van der Waals surface area contributed by atoms with E-state index in [0.29, 0.717) is 5.56 Å². The Hall–Kier alpha value is -2.84. The minimum Gasteiger partial charge on any atom is -0.493 e. The molecule has 0 saturated heterocycles. The molecule has 2 aromatic heterocycles. The van der Waals surface area contributed by atoms with E-state index < -0.39 is 11.7 Å². The highest BCUT2D eigenvalue weighted by Crippen LogP contribution is 2.32. The van der Waals surface area contributed by atoms with E-state index in [0.717, 1.165) is 12.1 Å². The molecule has 0 aliphatic carbocycles. The highest BCUT2D eigenvalue weighted by molar-refractivity contribution is 5.86. The Labute approximate surface area is 121 Å². The number of benzene rings is 1. The van der Waals surface area contributed by atoms with Crippen molar-refractivity contribution in [2.24, 2.45) is 0 Å². The number of rotatable bonds is 2. The van der Waals surface area contributed by atoms with Crippen molar-refractivity contribution in [2.45, 2.75) is 12.6 Å². The molecule has 0 fully saturated rings. The van der Waals surface area contributed by atoms with Gasteiger partial charge in [0.15, 0.2) is 5.52 Å². The zero-order valence-electron chi connectivity index (χ0n) is 10.9. The van der Waals surface area contributed by atoms with E-state index in [-0.39, 0.29) is 34.7 Å². The lowest BCUT2D eigenvalue weighted by Gasteiger charge is -2.09. The van der Waals surface area contributed by atoms with E-state index in [1.54, 1.807) is 0 Å². The molecule has 114 valence electrons. The molecule has 0 aliphatic heterocycles. The molecule has 6 nitrogen and oxygen atoms in total. The largest absolute Gasteiger partial charge is 0.493 e. The topological polar surface area (TPSA) is 98.1 Å². The van der Waals surface area contributed by atoms with E-state index in [1.807, 2.05) is 0 Å². The van der Waals surface area contributed by atoms with Gasteiger partial charge in [-0.2, -0.15) is 18.2 Å². The zero-order chi connectivity index (χ0) is 15.9. The first-order chi connectivity index (χ1) is 10.4. The van der Waals surface area contributed by atoms with Crippen LogP contribution in [0.2, 0.25) is 0 Å². The Morgan fingerprint density at radius 1 is 1.14 bits per heavy atom. The molecule has 2 heterocycles. The van der Waals surface area contributed by atoms with Crippen LogP contribution in [-0.2, 0) is 12.6 Å². The number of fused-ring (bicyclic) bond motifs is 1. The van der Waals surface area contributed by atoms with Crippen LogP contribution in [0, 0.1) is 0 Å². The van der Waals surface area contributed by atoms with Crippen LogP contribution >= 0.6 is 0 Å². The number of pyridine rings is 1. The number of aromatic hydroxyl groups is 1. The van der Waals surface area contributed by atoms with Crippen LogP contribution in [0.15, 0.2) is 28.9 Å². The van der Waals surface area contributed by atoms with E-state index >= 15 is 0 Å². The number of hydrogen-bond donors (Lipinski definition) is 2. The van der Waals surface area contributed by atoms with Crippen molar-refractivity contribution in [2.75, 3.05) is 5.73 Å². The van der Waals surface area contributed by atoms with Gasteiger partial charge in [0.05, 0.1) is 11.3 Å². The molecular weight excluding hydrogens is 301 g/mol. The molecule has 0 saturated carbocycles. The van der Waals surface area contributed by atoms with Crippen molar-refractivity contribution in [3.8, 4) is 5.88 Å². The highest BCUT2D eigenvalue weighted by atomic mass is 19.4. The molecular formula is C13H9F3N4O2. The maximum Gasteiger partial charge on any atom is 0.416 e. The van der Waals surface area contributed by atoms with Crippen LogP contribution in [0.1, 0.15) is 16.7 Å². The number of alkyl halides is 3. The Bertz CT molecular complexity index is 828. The van der Waals surface area contributed by atoms with Crippen molar-refractivity contribution >= 4 is 16.9 Å². The van der Waals surface area contributed by atoms with Gasteiger partial charge < -0.3 is 10.8 Å². The van der Waals surface area contributed by atoms with Gasteiger partial charge in [-0.3, -0.25) is 0 Å². The van der Waals surface area contributed by atoms with Crippen LogP contribution < -0.4 is 5.73 Å². The number of nitrogen functional groups attached to an aromatic ring is 1. The smallest absolute Gasteiger partial charge is 0.416 e. The van der Waals surface area contributed by atoms with E-state index in [9.17, 15) is 18.3 Å². The number of hydrogen-bond acceptors (Lipinski definition) is 6. The van der Waals surface area contributed by atoms with Gasteiger partial charge in [-0.15, -0.1) is 0 Å². The Balaban J connectivity index is 1.96. The lowest BCUT2D eigenvalue weighted by atomic mass is 10.0. The summed E-state index contributed by atoms with van der Waals surface area (Å²) in [5.41, 5.74) is 6.29. The maximum absolute atomic E-state index is 12.5. The minimum absolute atomic E-state index is 0.0613. The summed E-state index contributed by atoms with van der Waals surface area (Å²) in [4.78, 5) is 3.78. The SMILES string of the molecule is Nc1c(Cc2ccc(C(F)(F)F)cc2)c(O)nc2nonc12. The van der Waals surface area contributed by atoms with Gasteiger partial charge in [0.25, 0.3) is 0 Å². The first-order valence-corrected chi connectivity index (χ1v) is 6.12. The monoisotopic (exact) mass is 310 g/mol. The van der Waals surface area contributed by atoms with Gasteiger partial charge in [0.1, 0.15) is 0 Å². The van der Waals surface area contributed by atoms with Crippen LogP contribution in [0.25, 0.3) is 11.2 Å². The average molecular weight is 310 g/mol. The first kappa shape index (κ1) is 14.1. The van der Waals surface area contributed by atoms with Crippen molar-refractivity contribution < 1.29 is 22.9 Å². The normalized spacial score (nSPS) is 12.0. The molecule has 22 heavy (non-hydrogen) atoms. The second-order valence-electron chi connectivity index (χ2n) is 4.64. The molecule has 3 aromatic rings. The van der Waals surface area contributed by atoms with Gasteiger partial charge in [-0.25, -0.2) is 4.63 Å². The van der Waals surface area contributed by atoms with Gasteiger partial charge in [-0.1, -0.05) is 12.1 Å². The second kappa shape index (κ2) is 4.86. The zero-order valence-corrected chi connectivity index (χ0v) is 10.9.